The predicted octanol–water partition coefficient (Wildman–Crippen LogP) is 6.19. The number of hydrogen-bond donors (Lipinski definition) is 1. The first-order valence-electron chi connectivity index (χ1n) is 13.7. The highest BCUT2D eigenvalue weighted by atomic mass is 79.9. The van der Waals surface area contributed by atoms with Crippen molar-refractivity contribution in [2.75, 3.05) is 20.1 Å². The van der Waals surface area contributed by atoms with Crippen LogP contribution in [0.4, 0.5) is 0 Å². The number of ether oxygens (including phenoxy) is 2. The van der Waals surface area contributed by atoms with E-state index in [1.54, 1.807) is 7.05 Å². The summed E-state index contributed by atoms with van der Waals surface area (Å²) in [5.41, 5.74) is 5.13. The maximum absolute atomic E-state index is 12.8. The highest BCUT2D eigenvalue weighted by molar-refractivity contribution is 9.10. The number of rotatable bonds is 7. The molecule has 0 bridgehead atoms. The molecule has 0 spiro atoms. The smallest absolute Gasteiger partial charge is 0.253 e. The van der Waals surface area contributed by atoms with Gasteiger partial charge in [0.15, 0.2) is 0 Å². The molecule has 0 radical (unpaired) electrons. The summed E-state index contributed by atoms with van der Waals surface area (Å²) in [5, 5.41) is 2.80. The van der Waals surface area contributed by atoms with Gasteiger partial charge in [-0.2, -0.15) is 0 Å². The molecule has 2 aliphatic rings. The molecule has 1 fully saturated rings. The molecule has 204 valence electrons. The van der Waals surface area contributed by atoms with Crippen LogP contribution in [0.5, 0.6) is 11.5 Å². The van der Waals surface area contributed by atoms with Gasteiger partial charge in [-0.25, -0.2) is 0 Å². The largest absolute Gasteiger partial charge is 0.490 e. The van der Waals surface area contributed by atoms with E-state index < -0.39 is 0 Å². The van der Waals surface area contributed by atoms with Crippen molar-refractivity contribution in [2.24, 2.45) is 0 Å². The van der Waals surface area contributed by atoms with Gasteiger partial charge in [0, 0.05) is 43.0 Å². The Morgan fingerprint density at radius 2 is 1.72 bits per heavy atom. The summed E-state index contributed by atoms with van der Waals surface area (Å²) in [6.45, 7) is 3.85. The summed E-state index contributed by atoms with van der Waals surface area (Å²) >= 11 is 3.60. The van der Waals surface area contributed by atoms with E-state index in [1.165, 1.54) is 0 Å². The van der Waals surface area contributed by atoms with E-state index in [-0.39, 0.29) is 23.8 Å². The summed E-state index contributed by atoms with van der Waals surface area (Å²) in [7, 11) is 1.69. The molecule has 1 unspecified atom stereocenters. The number of amides is 2. The third kappa shape index (κ3) is 6.47. The van der Waals surface area contributed by atoms with Crippen molar-refractivity contribution in [2.45, 2.75) is 57.7 Å². The van der Waals surface area contributed by atoms with E-state index in [4.69, 9.17) is 9.47 Å². The second-order valence-corrected chi connectivity index (χ2v) is 11.4. The van der Waals surface area contributed by atoms with Crippen LogP contribution in [0, 0.1) is 6.92 Å². The van der Waals surface area contributed by atoms with Gasteiger partial charge in [0.05, 0.1) is 5.92 Å². The van der Waals surface area contributed by atoms with Crippen molar-refractivity contribution in [3.05, 3.63) is 93.0 Å². The van der Waals surface area contributed by atoms with Gasteiger partial charge >= 0.3 is 0 Å². The number of likely N-dealkylation sites (N-methyl/N-ethyl adjacent to an activating group) is 1. The maximum Gasteiger partial charge on any atom is 0.253 e. The van der Waals surface area contributed by atoms with Crippen LogP contribution in [0.1, 0.15) is 64.2 Å². The highest BCUT2D eigenvalue weighted by Gasteiger charge is 2.29. The Morgan fingerprint density at radius 3 is 2.41 bits per heavy atom. The van der Waals surface area contributed by atoms with Gasteiger partial charge in [-0.05, 0) is 79.3 Å². The number of fused-ring (bicyclic) bond motifs is 1. The molecule has 3 aromatic carbocycles. The van der Waals surface area contributed by atoms with Gasteiger partial charge in [0.2, 0.25) is 5.91 Å². The lowest BCUT2D eigenvalue weighted by atomic mass is 9.82. The Labute approximate surface area is 238 Å². The summed E-state index contributed by atoms with van der Waals surface area (Å²) in [6.07, 6.45) is 4.45. The minimum atomic E-state index is -0.136. The van der Waals surface area contributed by atoms with E-state index >= 15 is 0 Å². The molecule has 2 amide bonds. The number of carbonyl (C=O) groups is 2. The minimum Gasteiger partial charge on any atom is -0.490 e. The Bertz CT molecular complexity index is 1320. The number of nitrogens with zero attached hydrogens (tertiary/aromatic N) is 1. The number of benzene rings is 3. The number of aryl methyl sites for hydroxylation is 1. The van der Waals surface area contributed by atoms with E-state index in [0.717, 1.165) is 75.9 Å². The fourth-order valence-electron chi connectivity index (χ4n) is 5.50. The van der Waals surface area contributed by atoms with Gasteiger partial charge in [0.1, 0.15) is 24.2 Å². The zero-order valence-electron chi connectivity index (χ0n) is 22.5. The highest BCUT2D eigenvalue weighted by Crippen LogP contribution is 2.39. The van der Waals surface area contributed by atoms with Gasteiger partial charge in [-0.1, -0.05) is 45.8 Å². The van der Waals surface area contributed by atoms with Crippen LogP contribution < -0.4 is 14.8 Å². The third-order valence-corrected chi connectivity index (χ3v) is 8.17. The summed E-state index contributed by atoms with van der Waals surface area (Å²) < 4.78 is 13.4. The Balaban J connectivity index is 1.15. The van der Waals surface area contributed by atoms with Gasteiger partial charge in [-0.15, -0.1) is 0 Å². The molecule has 1 atom stereocenters. The summed E-state index contributed by atoms with van der Waals surface area (Å²) in [6, 6.07) is 19.8. The van der Waals surface area contributed by atoms with Crippen molar-refractivity contribution >= 4 is 27.7 Å². The third-order valence-electron chi connectivity index (χ3n) is 7.71. The summed E-state index contributed by atoms with van der Waals surface area (Å²) in [4.78, 5) is 27.1. The Hall–Kier alpha value is -3.32. The first-order valence-corrected chi connectivity index (χ1v) is 14.5. The molecule has 3 aromatic rings. The topological polar surface area (TPSA) is 67.9 Å². The lowest BCUT2D eigenvalue weighted by Gasteiger charge is -2.32. The van der Waals surface area contributed by atoms with E-state index in [2.05, 4.69) is 27.3 Å². The molecule has 1 saturated heterocycles. The molecule has 1 N–H and O–H groups in total. The lowest BCUT2D eigenvalue weighted by molar-refractivity contribution is -0.122. The standard InChI is InChI=1S/C32H35BrN2O4/c1-21-6-10-23(11-7-21)32(37)35-16-14-26(15-17-35)39-25-12-8-22(9-13-25)20-38-30-19-24(33)18-29-27(30)4-3-5-28(29)31(36)34-2/h6-13,18-19,26,28H,3-5,14-17,20H2,1-2H3,(H,34,36). The average molecular weight is 592 g/mol. The van der Waals surface area contributed by atoms with Gasteiger partial charge < -0.3 is 19.7 Å². The van der Waals surface area contributed by atoms with Crippen molar-refractivity contribution in [3.63, 3.8) is 0 Å². The molecule has 1 aliphatic carbocycles. The monoisotopic (exact) mass is 590 g/mol. The molecule has 1 aliphatic heterocycles. The molecule has 39 heavy (non-hydrogen) atoms. The number of halogens is 1. The van der Waals surface area contributed by atoms with E-state index in [0.29, 0.717) is 19.7 Å². The molecule has 0 aromatic heterocycles. The molecular formula is C32H35BrN2O4. The van der Waals surface area contributed by atoms with Crippen LogP contribution >= 0.6 is 15.9 Å². The summed E-state index contributed by atoms with van der Waals surface area (Å²) in [5.74, 6) is 1.67. The second kappa shape index (κ2) is 12.2. The Kier molecular flexibility index (Phi) is 8.56. The first kappa shape index (κ1) is 27.3. The molecule has 0 saturated carbocycles. The second-order valence-electron chi connectivity index (χ2n) is 10.4. The zero-order valence-corrected chi connectivity index (χ0v) is 24.1. The molecular weight excluding hydrogens is 556 g/mol. The van der Waals surface area contributed by atoms with Crippen LogP contribution in [0.15, 0.2) is 65.1 Å². The molecule has 1 heterocycles. The number of piperidine rings is 1. The normalized spacial score (nSPS) is 17.3. The van der Waals surface area contributed by atoms with Crippen LogP contribution in [-0.2, 0) is 17.8 Å². The van der Waals surface area contributed by atoms with Crippen molar-refractivity contribution in [1.29, 1.82) is 0 Å². The SMILES string of the molecule is CNC(=O)C1CCCc2c(OCc3ccc(OC4CCN(C(=O)c5ccc(C)cc5)CC4)cc3)cc(Br)cc21. The van der Waals surface area contributed by atoms with E-state index in [9.17, 15) is 9.59 Å². The quantitative estimate of drug-likeness (QED) is 0.356. The number of hydrogen-bond acceptors (Lipinski definition) is 4. The predicted molar refractivity (Wildman–Crippen MR) is 155 cm³/mol. The maximum atomic E-state index is 12.8. The lowest BCUT2D eigenvalue weighted by Crippen LogP contribution is -2.41. The molecule has 7 heteroatoms. The number of carbonyl (C=O) groups excluding carboxylic acids is 2. The fraction of sp³-hybridized carbons (Fsp3) is 0.375. The molecule has 6 nitrogen and oxygen atoms in total. The van der Waals surface area contributed by atoms with Crippen LogP contribution in [0.25, 0.3) is 0 Å². The number of likely N-dealkylation sites (tertiary alicyclic amines) is 1. The fourth-order valence-corrected chi connectivity index (χ4v) is 5.95. The molecule has 5 rings (SSSR count). The number of nitrogens with one attached hydrogen (secondary N) is 1. The first-order chi connectivity index (χ1) is 18.9. The Morgan fingerprint density at radius 1 is 1.00 bits per heavy atom. The minimum absolute atomic E-state index is 0.0547. The van der Waals surface area contributed by atoms with Crippen molar-refractivity contribution in [1.82, 2.24) is 10.2 Å². The van der Waals surface area contributed by atoms with Gasteiger partial charge in [0.25, 0.3) is 5.91 Å². The zero-order chi connectivity index (χ0) is 27.4. The van der Waals surface area contributed by atoms with Crippen LogP contribution in [0.3, 0.4) is 0 Å². The van der Waals surface area contributed by atoms with Crippen molar-refractivity contribution < 1.29 is 19.1 Å². The average Bonchev–Trinajstić information content (AvgIpc) is 2.96. The van der Waals surface area contributed by atoms with Gasteiger partial charge in [-0.3, -0.25) is 9.59 Å². The van der Waals surface area contributed by atoms with Crippen LogP contribution in [-0.4, -0.2) is 43.0 Å². The van der Waals surface area contributed by atoms with E-state index in [1.807, 2.05) is 66.4 Å². The van der Waals surface area contributed by atoms with Crippen LogP contribution in [0.2, 0.25) is 0 Å². The van der Waals surface area contributed by atoms with Crippen molar-refractivity contribution in [3.8, 4) is 11.5 Å².